The van der Waals surface area contributed by atoms with Gasteiger partial charge in [-0.3, -0.25) is 4.79 Å². The number of carbonyl (C=O) groups is 2. The Morgan fingerprint density at radius 1 is 1.21 bits per heavy atom. The summed E-state index contributed by atoms with van der Waals surface area (Å²) < 4.78 is 11.6. The fourth-order valence-electron chi connectivity index (χ4n) is 4.61. The van der Waals surface area contributed by atoms with Crippen LogP contribution in [0.1, 0.15) is 51.2 Å². The predicted octanol–water partition coefficient (Wildman–Crippen LogP) is 4.57. The maximum atomic E-state index is 13.0. The summed E-state index contributed by atoms with van der Waals surface area (Å²) in [5.74, 6) is -1.08. The lowest BCUT2D eigenvalue weighted by atomic mass is 9.83. The molecule has 0 saturated heterocycles. The lowest BCUT2D eigenvalue weighted by Gasteiger charge is -2.23. The lowest BCUT2D eigenvalue weighted by molar-refractivity contribution is -0.705. The van der Waals surface area contributed by atoms with Crippen molar-refractivity contribution in [2.45, 2.75) is 44.1 Å². The van der Waals surface area contributed by atoms with Crippen LogP contribution in [0.15, 0.2) is 64.1 Å². The normalized spacial score (nSPS) is 14.6. The molecule has 2 aromatic heterocycles. The number of ether oxygens (including phenoxy) is 1. The molecule has 0 fully saturated rings. The van der Waals surface area contributed by atoms with Gasteiger partial charge in [0.1, 0.15) is 5.00 Å². The van der Waals surface area contributed by atoms with E-state index in [0.717, 1.165) is 47.0 Å². The summed E-state index contributed by atoms with van der Waals surface area (Å²) in [7, 11) is 0. The van der Waals surface area contributed by atoms with Crippen molar-refractivity contribution in [3.05, 3.63) is 81.7 Å². The largest absolute Gasteiger partial charge is 0.538 e. The molecule has 0 bridgehead atoms. The van der Waals surface area contributed by atoms with Crippen molar-refractivity contribution in [1.82, 2.24) is 5.27 Å². The van der Waals surface area contributed by atoms with Crippen LogP contribution in [0.2, 0.25) is 0 Å². The SMILES string of the molecule is CCOC(=O)c1c(NC(=O)CSc2c([O-])on[n+]2-c2ccc(C)cc2)sc2c1CCC(c1ccccc1)C2. The van der Waals surface area contributed by atoms with E-state index in [9.17, 15) is 14.7 Å². The average Bonchev–Trinajstić information content (AvgIpc) is 3.47. The van der Waals surface area contributed by atoms with Gasteiger partial charge < -0.3 is 19.7 Å². The monoisotopic (exact) mass is 549 g/mol. The molecule has 0 radical (unpaired) electrons. The van der Waals surface area contributed by atoms with Crippen LogP contribution in [-0.4, -0.2) is 29.5 Å². The van der Waals surface area contributed by atoms with E-state index in [2.05, 4.69) is 22.7 Å². The number of aromatic nitrogens is 2. The molecule has 1 unspecified atom stereocenters. The van der Waals surface area contributed by atoms with E-state index in [1.807, 2.05) is 49.4 Å². The molecule has 1 amide bonds. The third-order valence-corrected chi connectivity index (χ3v) is 8.65. The topological polar surface area (TPSA) is 108 Å². The van der Waals surface area contributed by atoms with E-state index in [0.29, 0.717) is 22.2 Å². The number of carbonyl (C=O) groups excluding carboxylic acids is 2. The summed E-state index contributed by atoms with van der Waals surface area (Å²) in [5.41, 5.74) is 4.41. The van der Waals surface area contributed by atoms with Crippen LogP contribution < -0.4 is 15.1 Å². The maximum absolute atomic E-state index is 13.0. The summed E-state index contributed by atoms with van der Waals surface area (Å²) in [6.45, 7) is 3.98. The molecule has 2 heterocycles. The first kappa shape index (κ1) is 26.0. The Hall–Kier alpha value is -3.63. The van der Waals surface area contributed by atoms with Gasteiger partial charge in [-0.15, -0.1) is 11.3 Å². The second-order valence-corrected chi connectivity index (χ2v) is 11.1. The van der Waals surface area contributed by atoms with Crippen molar-refractivity contribution in [1.29, 1.82) is 0 Å². The number of anilines is 1. The number of nitrogens with zero attached hydrogens (tertiary/aromatic N) is 2. The Bertz CT molecular complexity index is 1450. The Labute approximate surface area is 228 Å². The zero-order valence-electron chi connectivity index (χ0n) is 21.1. The van der Waals surface area contributed by atoms with Crippen LogP contribution in [0.3, 0.4) is 0 Å². The molecule has 1 atom stereocenters. The number of hydrogen-bond acceptors (Lipinski definition) is 8. The molecule has 196 valence electrons. The fraction of sp³-hybridized carbons (Fsp3) is 0.286. The van der Waals surface area contributed by atoms with Gasteiger partial charge in [-0.25, -0.2) is 4.79 Å². The molecule has 0 aliphatic heterocycles. The van der Waals surface area contributed by atoms with Crippen LogP contribution in [0.4, 0.5) is 5.00 Å². The van der Waals surface area contributed by atoms with E-state index < -0.39 is 11.9 Å². The minimum atomic E-state index is -0.617. The zero-order chi connectivity index (χ0) is 26.6. The maximum Gasteiger partial charge on any atom is 0.341 e. The molecule has 0 spiro atoms. The van der Waals surface area contributed by atoms with Crippen LogP contribution in [0.25, 0.3) is 5.69 Å². The van der Waals surface area contributed by atoms with Gasteiger partial charge in [-0.2, -0.15) is 0 Å². The number of rotatable bonds is 8. The predicted molar refractivity (Wildman–Crippen MR) is 143 cm³/mol. The molecule has 10 heteroatoms. The van der Waals surface area contributed by atoms with Crippen LogP contribution in [-0.2, 0) is 22.4 Å². The van der Waals surface area contributed by atoms with E-state index in [1.54, 1.807) is 6.92 Å². The van der Waals surface area contributed by atoms with E-state index in [1.165, 1.54) is 21.6 Å². The van der Waals surface area contributed by atoms with Gasteiger partial charge >= 0.3 is 5.97 Å². The van der Waals surface area contributed by atoms with Crippen molar-refractivity contribution in [3.8, 4) is 11.6 Å². The number of aryl methyl sites for hydroxylation is 1. The first-order valence-corrected chi connectivity index (χ1v) is 14.2. The Morgan fingerprint density at radius 2 is 1.97 bits per heavy atom. The Kier molecular flexibility index (Phi) is 7.80. The van der Waals surface area contributed by atoms with Crippen molar-refractivity contribution in [2.75, 3.05) is 17.7 Å². The average molecular weight is 550 g/mol. The van der Waals surface area contributed by atoms with Crippen molar-refractivity contribution >= 4 is 40.0 Å². The van der Waals surface area contributed by atoms with Gasteiger partial charge in [0.2, 0.25) is 11.6 Å². The molecular formula is C28H27N3O5S2. The molecule has 1 aliphatic rings. The smallest absolute Gasteiger partial charge is 0.341 e. The molecule has 1 N–H and O–H groups in total. The highest BCUT2D eigenvalue weighted by molar-refractivity contribution is 7.99. The van der Waals surface area contributed by atoms with Crippen molar-refractivity contribution < 1.29 is 28.6 Å². The number of benzene rings is 2. The fourth-order valence-corrected chi connectivity index (χ4v) is 6.70. The van der Waals surface area contributed by atoms with E-state index in [-0.39, 0.29) is 23.3 Å². The van der Waals surface area contributed by atoms with Gasteiger partial charge in [0.05, 0.1) is 23.2 Å². The first-order valence-electron chi connectivity index (χ1n) is 12.4. The number of esters is 1. The van der Waals surface area contributed by atoms with E-state index in [4.69, 9.17) is 9.26 Å². The standard InChI is InChI=1S/C28H27N3O5S2/c1-3-35-27(33)24-21-14-11-19(18-7-5-4-6-8-18)15-22(21)38-25(24)29-23(32)16-37-26-28(34)36-30-31(26)20-12-9-17(2)10-13-20/h4-10,12-13,19H,3,11,14-16H2,1-2H3,(H-,29,30,32,33,34). The number of thioether (sulfide) groups is 1. The molecule has 5 rings (SSSR count). The molecular weight excluding hydrogens is 522 g/mol. The van der Waals surface area contributed by atoms with Gasteiger partial charge in [0.15, 0.2) is 5.95 Å². The minimum Gasteiger partial charge on any atom is -0.538 e. The van der Waals surface area contributed by atoms with Crippen LogP contribution in [0.5, 0.6) is 5.95 Å². The van der Waals surface area contributed by atoms with Gasteiger partial charge in [0.25, 0.3) is 5.03 Å². The summed E-state index contributed by atoms with van der Waals surface area (Å²) >= 11 is 2.47. The number of thiophene rings is 1. The second-order valence-electron chi connectivity index (χ2n) is 9.03. The van der Waals surface area contributed by atoms with Crippen LogP contribution in [0, 0.1) is 6.92 Å². The van der Waals surface area contributed by atoms with Crippen molar-refractivity contribution in [2.24, 2.45) is 0 Å². The highest BCUT2D eigenvalue weighted by Gasteiger charge is 2.31. The van der Waals surface area contributed by atoms with Gasteiger partial charge in [-0.05, 0) is 66.6 Å². The number of hydrogen-bond donors (Lipinski definition) is 1. The molecule has 38 heavy (non-hydrogen) atoms. The van der Waals surface area contributed by atoms with Crippen LogP contribution >= 0.6 is 23.1 Å². The van der Waals surface area contributed by atoms with Crippen molar-refractivity contribution in [3.63, 3.8) is 0 Å². The third kappa shape index (κ3) is 5.46. The molecule has 2 aromatic carbocycles. The number of amides is 1. The summed E-state index contributed by atoms with van der Waals surface area (Å²) in [5, 5.41) is 19.7. The summed E-state index contributed by atoms with van der Waals surface area (Å²) in [4.78, 5) is 27.0. The summed E-state index contributed by atoms with van der Waals surface area (Å²) in [6.07, 6.45) is 2.46. The molecule has 8 nitrogen and oxygen atoms in total. The Morgan fingerprint density at radius 3 is 2.71 bits per heavy atom. The zero-order valence-corrected chi connectivity index (χ0v) is 22.7. The highest BCUT2D eigenvalue weighted by Crippen LogP contribution is 2.43. The third-order valence-electron chi connectivity index (χ3n) is 6.46. The molecule has 0 saturated carbocycles. The molecule has 4 aromatic rings. The quantitative estimate of drug-likeness (QED) is 0.195. The number of fused-ring (bicyclic) bond motifs is 1. The summed E-state index contributed by atoms with van der Waals surface area (Å²) in [6, 6.07) is 17.8. The number of nitrogens with one attached hydrogen (secondary N) is 1. The highest BCUT2D eigenvalue weighted by atomic mass is 32.2. The van der Waals surface area contributed by atoms with Gasteiger partial charge in [0, 0.05) is 17.0 Å². The second kappa shape index (κ2) is 11.4. The first-order chi connectivity index (χ1) is 18.4. The lowest BCUT2D eigenvalue weighted by Crippen LogP contribution is -2.35. The molecule has 1 aliphatic carbocycles. The van der Waals surface area contributed by atoms with Gasteiger partial charge in [-0.1, -0.05) is 48.0 Å². The Balaban J connectivity index is 1.34. The van der Waals surface area contributed by atoms with E-state index >= 15 is 0 Å². The minimum absolute atomic E-state index is 0.0558.